The Morgan fingerprint density at radius 3 is 2.48 bits per heavy atom. The molecule has 2 N–H and O–H groups in total. The van der Waals surface area contributed by atoms with Gasteiger partial charge in [-0.1, -0.05) is 20.8 Å². The Kier molecular flexibility index (Phi) is 6.16. The van der Waals surface area contributed by atoms with E-state index in [1.54, 1.807) is 4.90 Å². The van der Waals surface area contributed by atoms with Crippen LogP contribution in [0.2, 0.25) is 0 Å². The number of carbonyl (C=O) groups is 2. The van der Waals surface area contributed by atoms with Gasteiger partial charge in [0.15, 0.2) is 0 Å². The third kappa shape index (κ3) is 5.63. The van der Waals surface area contributed by atoms with Crippen molar-refractivity contribution in [2.75, 3.05) is 33.7 Å². The van der Waals surface area contributed by atoms with Crippen LogP contribution in [0.5, 0.6) is 0 Å². The van der Waals surface area contributed by atoms with E-state index in [0.29, 0.717) is 19.5 Å². The summed E-state index contributed by atoms with van der Waals surface area (Å²) in [5.41, 5.74) is -0.444. The zero-order chi connectivity index (χ0) is 16.2. The van der Waals surface area contributed by atoms with Gasteiger partial charge < -0.3 is 20.2 Å². The number of likely N-dealkylation sites (tertiary alicyclic amines) is 1. The lowest BCUT2D eigenvalue weighted by atomic mass is 9.96. The molecular formula is C15H29N3O3. The van der Waals surface area contributed by atoms with Gasteiger partial charge in [-0.25, -0.2) is 0 Å². The van der Waals surface area contributed by atoms with Crippen LogP contribution in [0.1, 0.15) is 33.6 Å². The normalized spacial score (nSPS) is 22.7. The van der Waals surface area contributed by atoms with Gasteiger partial charge in [-0.3, -0.25) is 9.59 Å². The summed E-state index contributed by atoms with van der Waals surface area (Å²) in [6.45, 7) is 7.01. The second-order valence-corrected chi connectivity index (χ2v) is 7.11. The van der Waals surface area contributed by atoms with E-state index in [9.17, 15) is 14.7 Å². The van der Waals surface area contributed by atoms with Crippen molar-refractivity contribution in [3.8, 4) is 0 Å². The quantitative estimate of drug-likeness (QED) is 0.753. The number of aliphatic hydroxyl groups excluding tert-OH is 1. The lowest BCUT2D eigenvalue weighted by molar-refractivity contribution is -0.133. The first-order chi connectivity index (χ1) is 9.61. The van der Waals surface area contributed by atoms with Crippen molar-refractivity contribution in [1.29, 1.82) is 0 Å². The lowest BCUT2D eigenvalue weighted by Crippen LogP contribution is -2.43. The third-order valence-electron chi connectivity index (χ3n) is 3.59. The molecule has 2 unspecified atom stereocenters. The summed E-state index contributed by atoms with van der Waals surface area (Å²) in [7, 11) is 3.91. The molecule has 1 rings (SSSR count). The molecule has 0 aromatic heterocycles. The van der Waals surface area contributed by atoms with Gasteiger partial charge in [-0.15, -0.1) is 0 Å². The molecule has 0 bridgehead atoms. The molecule has 1 heterocycles. The minimum absolute atomic E-state index is 0.00684. The minimum atomic E-state index is -0.444. The van der Waals surface area contributed by atoms with Crippen molar-refractivity contribution in [3.05, 3.63) is 0 Å². The van der Waals surface area contributed by atoms with Crippen molar-refractivity contribution in [2.45, 2.75) is 45.8 Å². The Hall–Kier alpha value is -1.14. The average molecular weight is 299 g/mol. The van der Waals surface area contributed by atoms with Gasteiger partial charge in [-0.2, -0.15) is 0 Å². The van der Waals surface area contributed by atoms with Gasteiger partial charge in [0, 0.05) is 37.5 Å². The van der Waals surface area contributed by atoms with Crippen molar-refractivity contribution < 1.29 is 14.7 Å². The van der Waals surface area contributed by atoms with Crippen molar-refractivity contribution in [1.82, 2.24) is 15.1 Å². The van der Waals surface area contributed by atoms with Crippen LogP contribution in [-0.4, -0.2) is 72.6 Å². The predicted molar refractivity (Wildman–Crippen MR) is 81.8 cm³/mol. The van der Waals surface area contributed by atoms with E-state index in [4.69, 9.17) is 0 Å². The average Bonchev–Trinajstić information content (AvgIpc) is 2.67. The van der Waals surface area contributed by atoms with Crippen LogP contribution in [0.25, 0.3) is 0 Å². The largest absolute Gasteiger partial charge is 0.391 e. The third-order valence-corrected chi connectivity index (χ3v) is 3.59. The second kappa shape index (κ2) is 7.22. The van der Waals surface area contributed by atoms with E-state index in [2.05, 4.69) is 5.32 Å². The first kappa shape index (κ1) is 17.9. The monoisotopic (exact) mass is 299 g/mol. The highest BCUT2D eigenvalue weighted by atomic mass is 16.3. The van der Waals surface area contributed by atoms with Crippen LogP contribution in [0.15, 0.2) is 0 Å². The van der Waals surface area contributed by atoms with Gasteiger partial charge in [0.25, 0.3) is 0 Å². The fraction of sp³-hybridized carbons (Fsp3) is 0.867. The molecule has 1 aliphatic rings. The van der Waals surface area contributed by atoms with Crippen LogP contribution in [0.4, 0.5) is 0 Å². The van der Waals surface area contributed by atoms with Crippen LogP contribution in [0.3, 0.4) is 0 Å². The molecule has 1 fully saturated rings. The summed E-state index contributed by atoms with van der Waals surface area (Å²) >= 11 is 0. The summed E-state index contributed by atoms with van der Waals surface area (Å²) in [6.07, 6.45) is 0.458. The molecule has 0 aliphatic carbocycles. The van der Waals surface area contributed by atoms with Gasteiger partial charge in [0.05, 0.1) is 6.10 Å². The highest BCUT2D eigenvalue weighted by Gasteiger charge is 2.34. The van der Waals surface area contributed by atoms with E-state index in [0.717, 1.165) is 6.54 Å². The topological polar surface area (TPSA) is 72.9 Å². The fourth-order valence-corrected chi connectivity index (χ4v) is 2.48. The molecular weight excluding hydrogens is 270 g/mol. The molecule has 2 amide bonds. The van der Waals surface area contributed by atoms with Crippen LogP contribution < -0.4 is 5.32 Å². The molecule has 0 aromatic carbocycles. The Labute approximate surface area is 127 Å². The Bertz CT molecular complexity index is 377. The Balaban J connectivity index is 2.45. The maximum absolute atomic E-state index is 12.3. The summed E-state index contributed by atoms with van der Waals surface area (Å²) in [4.78, 5) is 27.8. The van der Waals surface area contributed by atoms with Crippen LogP contribution >= 0.6 is 0 Å². The second-order valence-electron chi connectivity index (χ2n) is 7.11. The van der Waals surface area contributed by atoms with Crippen molar-refractivity contribution in [2.24, 2.45) is 5.41 Å². The highest BCUT2D eigenvalue weighted by molar-refractivity contribution is 5.82. The number of amides is 2. The van der Waals surface area contributed by atoms with E-state index >= 15 is 0 Å². The van der Waals surface area contributed by atoms with E-state index in [1.165, 1.54) is 0 Å². The lowest BCUT2D eigenvalue weighted by Gasteiger charge is -2.27. The number of hydrogen-bond donors (Lipinski definition) is 2. The molecule has 0 aromatic rings. The first-order valence-electron chi connectivity index (χ1n) is 7.52. The molecule has 6 heteroatoms. The zero-order valence-electron chi connectivity index (χ0n) is 13.8. The van der Waals surface area contributed by atoms with E-state index in [1.807, 2.05) is 39.8 Å². The molecule has 0 radical (unpaired) electrons. The predicted octanol–water partition coefficient (Wildman–Crippen LogP) is 0.0622. The van der Waals surface area contributed by atoms with Gasteiger partial charge in [-0.05, 0) is 20.5 Å². The van der Waals surface area contributed by atoms with Crippen LogP contribution in [-0.2, 0) is 9.59 Å². The maximum atomic E-state index is 12.3. The summed E-state index contributed by atoms with van der Waals surface area (Å²) in [5, 5.41) is 12.6. The molecule has 0 saturated carbocycles. The molecule has 1 saturated heterocycles. The number of nitrogens with zero attached hydrogens (tertiary/aromatic N) is 2. The number of carbonyl (C=O) groups excluding carboxylic acids is 2. The number of aliphatic hydroxyl groups is 1. The van der Waals surface area contributed by atoms with Gasteiger partial charge >= 0.3 is 0 Å². The molecule has 122 valence electrons. The maximum Gasteiger partial charge on any atom is 0.225 e. The molecule has 0 spiro atoms. The smallest absolute Gasteiger partial charge is 0.225 e. The zero-order valence-corrected chi connectivity index (χ0v) is 13.8. The number of rotatable bonds is 5. The molecule has 21 heavy (non-hydrogen) atoms. The Morgan fingerprint density at radius 2 is 1.95 bits per heavy atom. The molecule has 6 nitrogen and oxygen atoms in total. The van der Waals surface area contributed by atoms with Gasteiger partial charge in [0.2, 0.25) is 11.8 Å². The number of nitrogens with one attached hydrogen (secondary N) is 1. The number of β-amino-alcohol motifs (C(OH)–C–C–N with tert-alkyl or cyclic N) is 1. The van der Waals surface area contributed by atoms with E-state index in [-0.39, 0.29) is 24.3 Å². The SMILES string of the molecule is CN(C)CC1CC(O)CN1C(=O)CCNC(=O)C(C)(C)C. The summed E-state index contributed by atoms with van der Waals surface area (Å²) in [6, 6.07) is 0.0563. The molecule has 2 atom stereocenters. The summed E-state index contributed by atoms with van der Waals surface area (Å²) in [5.74, 6) is -0.0609. The fourth-order valence-electron chi connectivity index (χ4n) is 2.48. The standard InChI is InChI=1S/C15H29N3O3/c1-15(2,3)14(21)16-7-6-13(20)18-10-12(19)8-11(18)9-17(4)5/h11-12,19H,6-10H2,1-5H3,(H,16,21). The number of hydrogen-bond acceptors (Lipinski definition) is 4. The van der Waals surface area contributed by atoms with Crippen LogP contribution in [0, 0.1) is 5.41 Å². The highest BCUT2D eigenvalue weighted by Crippen LogP contribution is 2.19. The van der Waals surface area contributed by atoms with Gasteiger partial charge in [0.1, 0.15) is 0 Å². The van der Waals surface area contributed by atoms with Crippen molar-refractivity contribution >= 4 is 11.8 Å². The van der Waals surface area contributed by atoms with Crippen molar-refractivity contribution in [3.63, 3.8) is 0 Å². The number of likely N-dealkylation sites (N-methyl/N-ethyl adjacent to an activating group) is 1. The first-order valence-corrected chi connectivity index (χ1v) is 7.52. The Morgan fingerprint density at radius 1 is 1.33 bits per heavy atom. The summed E-state index contributed by atoms with van der Waals surface area (Å²) < 4.78 is 0. The van der Waals surface area contributed by atoms with E-state index < -0.39 is 11.5 Å². The minimum Gasteiger partial charge on any atom is -0.391 e. The molecule has 1 aliphatic heterocycles.